The van der Waals surface area contributed by atoms with Crippen molar-refractivity contribution >= 4 is 5.91 Å². The first kappa shape index (κ1) is 35.9. The zero-order valence-electron chi connectivity index (χ0n) is 26.3. The highest BCUT2D eigenvalue weighted by Crippen LogP contribution is 2.15. The van der Waals surface area contributed by atoms with E-state index in [0.717, 1.165) is 64.3 Å². The summed E-state index contributed by atoms with van der Waals surface area (Å²) in [5, 5.41) is 5.97. The second kappa shape index (κ2) is 23.9. The molecule has 0 aliphatic heterocycles. The summed E-state index contributed by atoms with van der Waals surface area (Å²) in [4.78, 5) is 11.8. The van der Waals surface area contributed by atoms with Gasteiger partial charge in [-0.3, -0.25) is 4.79 Å². The molecule has 0 heterocycles. The lowest BCUT2D eigenvalue weighted by atomic mass is 10.0. The van der Waals surface area contributed by atoms with Crippen LogP contribution in [0.4, 0.5) is 0 Å². The van der Waals surface area contributed by atoms with Crippen molar-refractivity contribution in [3.8, 4) is 0 Å². The summed E-state index contributed by atoms with van der Waals surface area (Å²) in [5.41, 5.74) is 8.72. The van der Waals surface area contributed by atoms with E-state index in [4.69, 9.17) is 0 Å². The van der Waals surface area contributed by atoms with Gasteiger partial charge in [-0.2, -0.15) is 0 Å². The summed E-state index contributed by atoms with van der Waals surface area (Å²) in [6, 6.07) is 0. The fraction of sp³-hybridized carbons (Fsp3) is 0.629. The van der Waals surface area contributed by atoms with E-state index < -0.39 is 0 Å². The maximum absolute atomic E-state index is 11.8. The first-order chi connectivity index (χ1) is 18.1. The van der Waals surface area contributed by atoms with E-state index in [2.05, 4.69) is 95.6 Å². The average Bonchev–Trinajstić information content (AvgIpc) is 2.85. The summed E-state index contributed by atoms with van der Waals surface area (Å²) in [6.07, 6.45) is 27.1. The normalized spacial score (nSPS) is 13.6. The van der Waals surface area contributed by atoms with E-state index in [-0.39, 0.29) is 5.91 Å². The molecule has 216 valence electrons. The summed E-state index contributed by atoms with van der Waals surface area (Å²) < 4.78 is 0. The Morgan fingerprint density at radius 1 is 0.474 bits per heavy atom. The van der Waals surface area contributed by atoms with Crippen LogP contribution in [-0.4, -0.2) is 26.0 Å². The number of amides is 1. The molecule has 0 aliphatic carbocycles. The van der Waals surface area contributed by atoms with Crippen molar-refractivity contribution in [3.63, 3.8) is 0 Å². The Morgan fingerprint density at radius 3 is 1.24 bits per heavy atom. The van der Waals surface area contributed by atoms with Gasteiger partial charge in [-0.05, 0) is 126 Å². The van der Waals surface area contributed by atoms with Crippen LogP contribution in [0.5, 0.6) is 0 Å². The first-order valence-electron chi connectivity index (χ1n) is 15.0. The maximum Gasteiger partial charge on any atom is 0.220 e. The summed E-state index contributed by atoms with van der Waals surface area (Å²) >= 11 is 0. The minimum absolute atomic E-state index is 0.142. The minimum atomic E-state index is 0.142. The van der Waals surface area contributed by atoms with Gasteiger partial charge in [0.2, 0.25) is 5.91 Å². The molecule has 0 aliphatic rings. The number of carbonyl (C=O) groups excluding carboxylic acids is 1. The summed E-state index contributed by atoms with van der Waals surface area (Å²) in [7, 11) is 1.89. The van der Waals surface area contributed by atoms with Crippen LogP contribution in [0, 0.1) is 0 Å². The Labute approximate surface area is 236 Å². The Bertz CT molecular complexity index is 832. The van der Waals surface area contributed by atoms with Crippen LogP contribution < -0.4 is 10.6 Å². The van der Waals surface area contributed by atoms with Gasteiger partial charge in [0, 0.05) is 19.5 Å². The van der Waals surface area contributed by atoms with Crippen molar-refractivity contribution in [2.45, 2.75) is 126 Å². The summed E-state index contributed by atoms with van der Waals surface area (Å²) in [6.45, 7) is 17.0. The molecular formula is C35H60N2O. The van der Waals surface area contributed by atoms with Crippen LogP contribution in [-0.2, 0) is 4.79 Å². The number of carbonyl (C=O) groups is 1. The number of hydrogen-bond acceptors (Lipinski definition) is 2. The number of rotatable bonds is 21. The molecule has 0 aromatic rings. The lowest BCUT2D eigenvalue weighted by Gasteiger charge is -2.05. The molecule has 0 unspecified atom stereocenters. The number of nitrogens with one attached hydrogen (secondary N) is 2. The maximum atomic E-state index is 11.8. The molecule has 0 spiro atoms. The molecule has 0 saturated carbocycles. The highest BCUT2D eigenvalue weighted by atomic mass is 16.1. The van der Waals surface area contributed by atoms with Crippen LogP contribution in [0.25, 0.3) is 0 Å². The van der Waals surface area contributed by atoms with E-state index >= 15 is 0 Å². The molecule has 3 heteroatoms. The van der Waals surface area contributed by atoms with Crippen LogP contribution in [0.3, 0.4) is 0 Å². The van der Waals surface area contributed by atoms with Crippen LogP contribution in [0.1, 0.15) is 126 Å². The summed E-state index contributed by atoms with van der Waals surface area (Å²) in [5.74, 6) is 0.142. The molecule has 0 rings (SSSR count). The van der Waals surface area contributed by atoms with Crippen molar-refractivity contribution in [1.82, 2.24) is 10.6 Å². The van der Waals surface area contributed by atoms with Gasteiger partial charge in [0.05, 0.1) is 0 Å². The number of likely N-dealkylation sites (N-methyl/N-ethyl adjacent to an activating group) is 1. The van der Waals surface area contributed by atoms with Gasteiger partial charge in [-0.25, -0.2) is 0 Å². The molecule has 0 saturated heterocycles. The third-order valence-electron chi connectivity index (χ3n) is 6.78. The average molecular weight is 525 g/mol. The number of unbranched alkanes of at least 4 members (excludes halogenated alkanes) is 1. The molecule has 0 radical (unpaired) electrons. The monoisotopic (exact) mass is 524 g/mol. The first-order valence-corrected chi connectivity index (χ1v) is 15.0. The predicted molar refractivity (Wildman–Crippen MR) is 171 cm³/mol. The quantitative estimate of drug-likeness (QED) is 0.116. The molecular weight excluding hydrogens is 464 g/mol. The fourth-order valence-corrected chi connectivity index (χ4v) is 4.12. The van der Waals surface area contributed by atoms with Gasteiger partial charge in [-0.15, -0.1) is 0 Å². The van der Waals surface area contributed by atoms with Gasteiger partial charge in [0.25, 0.3) is 0 Å². The molecule has 0 bridgehead atoms. The third kappa shape index (κ3) is 24.2. The molecule has 0 atom stereocenters. The van der Waals surface area contributed by atoms with Crippen LogP contribution in [0.2, 0.25) is 0 Å². The van der Waals surface area contributed by atoms with Crippen molar-refractivity contribution in [1.29, 1.82) is 0 Å². The van der Waals surface area contributed by atoms with Gasteiger partial charge < -0.3 is 10.6 Å². The van der Waals surface area contributed by atoms with Gasteiger partial charge >= 0.3 is 0 Å². The number of hydrogen-bond donors (Lipinski definition) is 2. The standard InChI is InChI=1S/C35H60N2O/c1-29(2)15-11-18-32(5)21-12-19-30(3)16-9-10-17-31(4)20-13-22-33(6)23-14-24-34(7)25-26-35(38)37-28-27-36-8/h15-17,21-22,24,36H,9-14,18-20,23,25-28H2,1-8H3,(H,37,38)/b30-16+,31-17+,32-21+,33-22+,34-24+. The van der Waals surface area contributed by atoms with Crippen molar-refractivity contribution in [2.75, 3.05) is 20.1 Å². The molecule has 38 heavy (non-hydrogen) atoms. The van der Waals surface area contributed by atoms with Crippen LogP contribution in [0.15, 0.2) is 69.9 Å². The van der Waals surface area contributed by atoms with Gasteiger partial charge in [0.15, 0.2) is 0 Å². The fourth-order valence-electron chi connectivity index (χ4n) is 4.12. The van der Waals surface area contributed by atoms with Crippen molar-refractivity contribution in [3.05, 3.63) is 69.9 Å². The van der Waals surface area contributed by atoms with Crippen molar-refractivity contribution in [2.24, 2.45) is 0 Å². The molecule has 2 N–H and O–H groups in total. The second-order valence-corrected chi connectivity index (χ2v) is 11.2. The third-order valence-corrected chi connectivity index (χ3v) is 6.78. The Balaban J connectivity index is 4.10. The zero-order chi connectivity index (χ0) is 28.6. The molecule has 3 nitrogen and oxygen atoms in total. The van der Waals surface area contributed by atoms with E-state index in [9.17, 15) is 4.79 Å². The van der Waals surface area contributed by atoms with E-state index in [1.807, 2.05) is 7.05 Å². The lowest BCUT2D eigenvalue weighted by Crippen LogP contribution is -2.30. The predicted octanol–water partition coefficient (Wildman–Crippen LogP) is 9.70. The molecule has 0 aromatic heterocycles. The van der Waals surface area contributed by atoms with E-state index in [0.29, 0.717) is 13.0 Å². The van der Waals surface area contributed by atoms with Crippen molar-refractivity contribution < 1.29 is 4.79 Å². The van der Waals surface area contributed by atoms with Gasteiger partial charge in [0.1, 0.15) is 0 Å². The largest absolute Gasteiger partial charge is 0.355 e. The van der Waals surface area contributed by atoms with E-state index in [1.165, 1.54) is 46.3 Å². The highest BCUT2D eigenvalue weighted by Gasteiger charge is 2.01. The highest BCUT2D eigenvalue weighted by molar-refractivity contribution is 5.76. The molecule has 0 fully saturated rings. The van der Waals surface area contributed by atoms with Crippen LogP contribution >= 0.6 is 0 Å². The second-order valence-electron chi connectivity index (χ2n) is 11.2. The van der Waals surface area contributed by atoms with Gasteiger partial charge in [-0.1, -0.05) is 69.9 Å². The zero-order valence-corrected chi connectivity index (χ0v) is 26.3. The van der Waals surface area contributed by atoms with E-state index in [1.54, 1.807) is 0 Å². The molecule has 1 amide bonds. The Hall–Kier alpha value is -2.13. The Morgan fingerprint density at radius 2 is 0.842 bits per heavy atom. The minimum Gasteiger partial charge on any atom is -0.355 e. The number of allylic oxidation sites excluding steroid dienone is 12. The topological polar surface area (TPSA) is 41.1 Å². The Kier molecular flexibility index (Phi) is 22.6. The molecule has 0 aromatic carbocycles. The lowest BCUT2D eigenvalue weighted by molar-refractivity contribution is -0.121. The SMILES string of the molecule is CNCCNC(=O)CC/C(C)=C/CC/C(C)=C/CC/C(C)=C/CC/C=C(\C)CC/C=C(\C)CCC=C(C)C. The smallest absolute Gasteiger partial charge is 0.220 e.